The highest BCUT2D eigenvalue weighted by molar-refractivity contribution is 8.09. The number of sulfone groups is 1. The van der Waals surface area contributed by atoms with Gasteiger partial charge in [0.1, 0.15) is 0 Å². The first-order valence-electron chi connectivity index (χ1n) is 4.37. The lowest BCUT2D eigenvalue weighted by Gasteiger charge is -2.21. The molecule has 5 heteroatoms. The van der Waals surface area contributed by atoms with Crippen molar-refractivity contribution in [2.24, 2.45) is 4.99 Å². The predicted octanol–water partition coefficient (Wildman–Crippen LogP) is 0.774. The van der Waals surface area contributed by atoms with E-state index in [2.05, 4.69) is 10.3 Å². The van der Waals surface area contributed by atoms with Gasteiger partial charge in [-0.2, -0.15) is 0 Å². The van der Waals surface area contributed by atoms with Gasteiger partial charge in [-0.25, -0.2) is 8.42 Å². The molecule has 1 heterocycles. The molecular weight excluding hydrogens is 188 g/mol. The first-order valence-corrected chi connectivity index (χ1v) is 5.85. The van der Waals surface area contributed by atoms with Gasteiger partial charge in [0, 0.05) is 6.20 Å². The van der Waals surface area contributed by atoms with Crippen LogP contribution in [0.2, 0.25) is 0 Å². The van der Waals surface area contributed by atoms with Crippen LogP contribution >= 0.6 is 0 Å². The Kier molecular flexibility index (Phi) is 1.91. The fraction of sp³-hybridized carbons (Fsp3) is 0.625. The minimum atomic E-state index is -3.24. The highest BCUT2D eigenvalue weighted by Crippen LogP contribution is 2.24. The Morgan fingerprint density at radius 1 is 1.54 bits per heavy atom. The summed E-state index contributed by atoms with van der Waals surface area (Å²) < 4.78 is 23.0. The second kappa shape index (κ2) is 2.83. The van der Waals surface area contributed by atoms with E-state index in [4.69, 9.17) is 0 Å². The van der Waals surface area contributed by atoms with Crippen molar-refractivity contribution >= 4 is 15.0 Å². The van der Waals surface area contributed by atoms with Crippen LogP contribution in [0.4, 0.5) is 0 Å². The summed E-state index contributed by atoms with van der Waals surface area (Å²) in [5.41, 5.74) is 0. The second-order valence-electron chi connectivity index (χ2n) is 3.42. The van der Waals surface area contributed by atoms with Gasteiger partial charge in [-0.3, -0.25) is 4.99 Å². The van der Waals surface area contributed by atoms with Gasteiger partial charge >= 0.3 is 0 Å². The number of allylic oxidation sites excluding steroid dienone is 1. The summed E-state index contributed by atoms with van der Waals surface area (Å²) in [6.45, 7) is 1.58. The molecule has 13 heavy (non-hydrogen) atoms. The zero-order chi connectivity index (χ0) is 9.47. The largest absolute Gasteiger partial charge is 0.336 e. The normalized spacial score (nSPS) is 29.6. The Hall–Kier alpha value is -0.840. The van der Waals surface area contributed by atoms with Crippen molar-refractivity contribution in [3.8, 4) is 0 Å². The molecule has 72 valence electrons. The average molecular weight is 200 g/mol. The lowest BCUT2D eigenvalue weighted by molar-refractivity contribution is 0.420. The van der Waals surface area contributed by atoms with Crippen molar-refractivity contribution in [2.75, 3.05) is 0 Å². The monoisotopic (exact) mass is 200 g/mol. The zero-order valence-electron chi connectivity index (χ0n) is 7.45. The molecule has 0 bridgehead atoms. The van der Waals surface area contributed by atoms with Gasteiger partial charge in [-0.1, -0.05) is 0 Å². The third kappa shape index (κ3) is 1.37. The van der Waals surface area contributed by atoms with Crippen LogP contribution in [0.15, 0.2) is 16.1 Å². The number of aliphatic imine (C=N–C) groups is 1. The Balaban J connectivity index is 2.24. The quantitative estimate of drug-likeness (QED) is 0.680. The maximum absolute atomic E-state index is 11.5. The molecular formula is C8H12N2O2S. The molecule has 1 aliphatic carbocycles. The minimum absolute atomic E-state index is 0.134. The van der Waals surface area contributed by atoms with Crippen LogP contribution in [0.3, 0.4) is 0 Å². The molecule has 0 aromatic carbocycles. The SMILES string of the molecule is CC1=CNC(=NC2CCC2)S1(=O)=O. The zero-order valence-corrected chi connectivity index (χ0v) is 8.26. The molecule has 1 aliphatic heterocycles. The fourth-order valence-corrected chi connectivity index (χ4v) is 2.28. The molecule has 0 radical (unpaired) electrons. The van der Waals surface area contributed by atoms with Gasteiger partial charge in [-0.15, -0.1) is 0 Å². The number of nitrogens with one attached hydrogen (secondary N) is 1. The topological polar surface area (TPSA) is 58.5 Å². The molecule has 2 rings (SSSR count). The van der Waals surface area contributed by atoms with Gasteiger partial charge in [0.2, 0.25) is 15.0 Å². The lowest BCUT2D eigenvalue weighted by Crippen LogP contribution is -2.26. The molecule has 0 atom stereocenters. The summed E-state index contributed by atoms with van der Waals surface area (Å²) in [6, 6.07) is 0.219. The number of amidine groups is 1. The minimum Gasteiger partial charge on any atom is -0.336 e. The molecule has 1 saturated carbocycles. The van der Waals surface area contributed by atoms with Crippen LogP contribution in [0.1, 0.15) is 26.2 Å². The third-order valence-corrected chi connectivity index (χ3v) is 4.15. The van der Waals surface area contributed by atoms with Gasteiger partial charge in [0.05, 0.1) is 10.9 Å². The summed E-state index contributed by atoms with van der Waals surface area (Å²) in [4.78, 5) is 4.50. The molecule has 0 unspecified atom stereocenters. The van der Waals surface area contributed by atoms with Crippen LogP contribution in [-0.4, -0.2) is 19.6 Å². The summed E-state index contributed by atoms with van der Waals surface area (Å²) in [6.07, 6.45) is 4.68. The molecule has 1 fully saturated rings. The van der Waals surface area contributed by atoms with E-state index >= 15 is 0 Å². The highest BCUT2D eigenvalue weighted by Gasteiger charge is 2.29. The van der Waals surface area contributed by atoms with E-state index in [9.17, 15) is 8.42 Å². The van der Waals surface area contributed by atoms with E-state index in [-0.39, 0.29) is 11.2 Å². The van der Waals surface area contributed by atoms with Crippen molar-refractivity contribution in [3.05, 3.63) is 11.1 Å². The van der Waals surface area contributed by atoms with E-state index in [0.717, 1.165) is 19.3 Å². The van der Waals surface area contributed by atoms with Gasteiger partial charge in [0.15, 0.2) is 0 Å². The van der Waals surface area contributed by atoms with Crippen molar-refractivity contribution in [2.45, 2.75) is 32.2 Å². The molecule has 0 amide bonds. The van der Waals surface area contributed by atoms with Crippen LogP contribution in [0.5, 0.6) is 0 Å². The maximum atomic E-state index is 11.5. The molecule has 0 saturated heterocycles. The van der Waals surface area contributed by atoms with Crippen molar-refractivity contribution < 1.29 is 8.42 Å². The average Bonchev–Trinajstić information content (AvgIpc) is 2.22. The Morgan fingerprint density at radius 3 is 2.62 bits per heavy atom. The Bertz CT molecular complexity index is 377. The molecule has 0 aromatic rings. The van der Waals surface area contributed by atoms with E-state index in [1.807, 2.05) is 0 Å². The van der Waals surface area contributed by atoms with E-state index in [1.165, 1.54) is 6.20 Å². The van der Waals surface area contributed by atoms with Gasteiger partial charge in [0.25, 0.3) is 0 Å². The first kappa shape index (κ1) is 8.74. The van der Waals surface area contributed by atoms with Crippen LogP contribution in [-0.2, 0) is 9.84 Å². The van der Waals surface area contributed by atoms with Gasteiger partial charge in [-0.05, 0) is 26.2 Å². The predicted molar refractivity (Wildman–Crippen MR) is 50.9 cm³/mol. The fourth-order valence-electron chi connectivity index (χ4n) is 1.26. The molecule has 2 aliphatic rings. The molecule has 1 N–H and O–H groups in total. The Labute approximate surface area is 77.7 Å². The van der Waals surface area contributed by atoms with Crippen LogP contribution in [0.25, 0.3) is 0 Å². The number of nitrogens with zero attached hydrogens (tertiary/aromatic N) is 1. The molecule has 0 spiro atoms. The van der Waals surface area contributed by atoms with Crippen molar-refractivity contribution in [3.63, 3.8) is 0 Å². The summed E-state index contributed by atoms with van der Waals surface area (Å²) in [5, 5.41) is 2.83. The number of hydrogen-bond donors (Lipinski definition) is 1. The smallest absolute Gasteiger partial charge is 0.236 e. The molecule has 0 aromatic heterocycles. The summed E-state index contributed by atoms with van der Waals surface area (Å²) in [7, 11) is -3.24. The lowest BCUT2D eigenvalue weighted by atomic mass is 9.94. The van der Waals surface area contributed by atoms with E-state index in [0.29, 0.717) is 4.91 Å². The van der Waals surface area contributed by atoms with E-state index < -0.39 is 9.84 Å². The first-order chi connectivity index (χ1) is 6.10. The summed E-state index contributed by atoms with van der Waals surface area (Å²) in [5.74, 6) is 0. The van der Waals surface area contributed by atoms with Gasteiger partial charge < -0.3 is 5.32 Å². The van der Waals surface area contributed by atoms with Crippen LogP contribution < -0.4 is 5.32 Å². The highest BCUT2D eigenvalue weighted by atomic mass is 32.2. The second-order valence-corrected chi connectivity index (χ2v) is 5.46. The third-order valence-electron chi connectivity index (χ3n) is 2.45. The van der Waals surface area contributed by atoms with E-state index in [1.54, 1.807) is 6.92 Å². The molecule has 4 nitrogen and oxygen atoms in total. The number of rotatable bonds is 1. The van der Waals surface area contributed by atoms with Crippen LogP contribution in [0, 0.1) is 0 Å². The Morgan fingerprint density at radius 2 is 2.23 bits per heavy atom. The summed E-state index contributed by atoms with van der Waals surface area (Å²) >= 11 is 0. The standard InChI is InChI=1S/C8H12N2O2S/c1-6-5-9-8(13(6,11)12)10-7-3-2-4-7/h5,7H,2-4H2,1H3,(H,9,10). The maximum Gasteiger partial charge on any atom is 0.236 e. The van der Waals surface area contributed by atoms with Crippen molar-refractivity contribution in [1.82, 2.24) is 5.32 Å². The number of hydrogen-bond acceptors (Lipinski definition) is 3. The van der Waals surface area contributed by atoms with Crippen molar-refractivity contribution in [1.29, 1.82) is 0 Å².